The number of nitrogens with one attached hydrogen (secondary N) is 2. The van der Waals surface area contributed by atoms with Crippen molar-refractivity contribution in [2.45, 2.75) is 45.1 Å². The molecule has 1 rings (SSSR count). The molecule has 1 aliphatic rings. The van der Waals surface area contributed by atoms with Crippen LogP contribution in [0.15, 0.2) is 4.99 Å². The van der Waals surface area contributed by atoms with Gasteiger partial charge in [-0.2, -0.15) is 0 Å². The van der Waals surface area contributed by atoms with Gasteiger partial charge in [0, 0.05) is 33.3 Å². The van der Waals surface area contributed by atoms with Crippen LogP contribution >= 0.6 is 24.0 Å². The van der Waals surface area contributed by atoms with Crippen LogP contribution in [0.1, 0.15) is 39.5 Å². The number of hydrogen-bond acceptors (Lipinski definition) is 3. The van der Waals surface area contributed by atoms with Gasteiger partial charge in [0.15, 0.2) is 5.96 Å². The normalized spacial score (nSPS) is 22.2. The summed E-state index contributed by atoms with van der Waals surface area (Å²) >= 11 is 0. The van der Waals surface area contributed by atoms with Crippen molar-refractivity contribution in [3.8, 4) is 0 Å². The SMILES string of the molecule is CCCCN(C)CCNC(=NC)NCC1(C)CCCO1.I. The lowest BCUT2D eigenvalue weighted by Crippen LogP contribution is -2.46. The van der Waals surface area contributed by atoms with E-state index in [1.54, 1.807) is 0 Å². The van der Waals surface area contributed by atoms with Crippen molar-refractivity contribution in [3.63, 3.8) is 0 Å². The van der Waals surface area contributed by atoms with Gasteiger partial charge < -0.3 is 20.3 Å². The maximum atomic E-state index is 5.77. The number of likely N-dealkylation sites (N-methyl/N-ethyl adjacent to an activating group) is 1. The fourth-order valence-electron chi connectivity index (χ4n) is 2.37. The maximum absolute atomic E-state index is 5.77. The molecule has 1 aliphatic heterocycles. The van der Waals surface area contributed by atoms with Gasteiger partial charge >= 0.3 is 0 Å². The van der Waals surface area contributed by atoms with E-state index in [4.69, 9.17) is 4.74 Å². The number of aliphatic imine (C=N–C) groups is 1. The summed E-state index contributed by atoms with van der Waals surface area (Å²) in [5.74, 6) is 0.866. The summed E-state index contributed by atoms with van der Waals surface area (Å²) in [5.41, 5.74) is -0.0322. The van der Waals surface area contributed by atoms with Gasteiger partial charge in [-0.15, -0.1) is 24.0 Å². The van der Waals surface area contributed by atoms with Gasteiger partial charge in [-0.05, 0) is 39.8 Å². The first-order chi connectivity index (χ1) is 9.59. The molecule has 0 spiro atoms. The number of nitrogens with zero attached hydrogens (tertiary/aromatic N) is 2. The zero-order valence-corrected chi connectivity index (χ0v) is 16.4. The summed E-state index contributed by atoms with van der Waals surface area (Å²) in [4.78, 5) is 6.61. The zero-order chi connectivity index (χ0) is 14.8. The van der Waals surface area contributed by atoms with Crippen LogP contribution in [0.2, 0.25) is 0 Å². The van der Waals surface area contributed by atoms with Crippen LogP contribution in [0, 0.1) is 0 Å². The number of ether oxygens (including phenoxy) is 1. The Morgan fingerprint density at radius 1 is 1.33 bits per heavy atom. The Kier molecular flexibility index (Phi) is 11.4. The molecule has 0 saturated carbocycles. The van der Waals surface area contributed by atoms with Crippen molar-refractivity contribution in [2.75, 3.05) is 46.9 Å². The number of guanidine groups is 1. The highest BCUT2D eigenvalue weighted by Gasteiger charge is 2.29. The zero-order valence-electron chi connectivity index (χ0n) is 14.1. The Labute approximate surface area is 147 Å². The predicted molar refractivity (Wildman–Crippen MR) is 101 cm³/mol. The van der Waals surface area contributed by atoms with Crippen LogP contribution in [-0.2, 0) is 4.74 Å². The van der Waals surface area contributed by atoms with Gasteiger partial charge in [0.05, 0.1) is 5.60 Å². The second-order valence-corrected chi connectivity index (χ2v) is 5.91. The van der Waals surface area contributed by atoms with Crippen LogP contribution in [0.5, 0.6) is 0 Å². The van der Waals surface area contributed by atoms with Crippen molar-refractivity contribution in [3.05, 3.63) is 0 Å². The van der Waals surface area contributed by atoms with Crippen molar-refractivity contribution in [1.82, 2.24) is 15.5 Å². The molecule has 0 amide bonds. The van der Waals surface area contributed by atoms with Gasteiger partial charge in [0.1, 0.15) is 0 Å². The minimum atomic E-state index is -0.0322. The Hall–Kier alpha value is -0.0800. The second kappa shape index (κ2) is 11.5. The van der Waals surface area contributed by atoms with Gasteiger partial charge in [0.2, 0.25) is 0 Å². The van der Waals surface area contributed by atoms with Crippen molar-refractivity contribution in [2.24, 2.45) is 4.99 Å². The molecule has 2 N–H and O–H groups in total. The summed E-state index contributed by atoms with van der Waals surface area (Å²) in [6.07, 6.45) is 4.79. The predicted octanol–water partition coefficient (Wildman–Crippen LogP) is 2.07. The van der Waals surface area contributed by atoms with Crippen LogP contribution in [0.3, 0.4) is 0 Å². The van der Waals surface area contributed by atoms with Crippen LogP contribution in [0.25, 0.3) is 0 Å². The molecule has 1 atom stereocenters. The molecule has 21 heavy (non-hydrogen) atoms. The third kappa shape index (κ3) is 8.83. The lowest BCUT2D eigenvalue weighted by Gasteiger charge is -2.25. The number of unbranched alkanes of at least 4 members (excludes halogenated alkanes) is 1. The topological polar surface area (TPSA) is 48.9 Å². The Morgan fingerprint density at radius 3 is 2.67 bits per heavy atom. The molecule has 0 bridgehead atoms. The average molecular weight is 412 g/mol. The molecule has 0 aromatic rings. The molecule has 126 valence electrons. The fourth-order valence-corrected chi connectivity index (χ4v) is 2.37. The Morgan fingerprint density at radius 2 is 2.10 bits per heavy atom. The third-order valence-electron chi connectivity index (χ3n) is 3.83. The summed E-state index contributed by atoms with van der Waals surface area (Å²) in [6.45, 7) is 9.20. The van der Waals surface area contributed by atoms with E-state index < -0.39 is 0 Å². The molecule has 6 heteroatoms. The molecule has 0 aromatic carbocycles. The third-order valence-corrected chi connectivity index (χ3v) is 3.83. The van der Waals surface area contributed by atoms with E-state index in [1.807, 2.05) is 7.05 Å². The van der Waals surface area contributed by atoms with E-state index in [1.165, 1.54) is 12.8 Å². The molecule has 1 heterocycles. The van der Waals surface area contributed by atoms with E-state index in [0.717, 1.165) is 51.6 Å². The Bertz CT molecular complexity index is 293. The monoisotopic (exact) mass is 412 g/mol. The first-order valence-electron chi connectivity index (χ1n) is 7.86. The summed E-state index contributed by atoms with van der Waals surface area (Å²) in [5, 5.41) is 6.72. The quantitative estimate of drug-likeness (QED) is 0.364. The van der Waals surface area contributed by atoms with Gasteiger partial charge in [0.25, 0.3) is 0 Å². The maximum Gasteiger partial charge on any atom is 0.191 e. The van der Waals surface area contributed by atoms with E-state index >= 15 is 0 Å². The van der Waals surface area contributed by atoms with E-state index in [9.17, 15) is 0 Å². The lowest BCUT2D eigenvalue weighted by atomic mass is 10.0. The molecular formula is C15H33IN4O. The van der Waals surface area contributed by atoms with Gasteiger partial charge in [-0.3, -0.25) is 4.99 Å². The summed E-state index contributed by atoms with van der Waals surface area (Å²) in [7, 11) is 3.98. The molecular weight excluding hydrogens is 379 g/mol. The minimum Gasteiger partial charge on any atom is -0.373 e. The van der Waals surface area contributed by atoms with Crippen LogP contribution < -0.4 is 10.6 Å². The van der Waals surface area contributed by atoms with Gasteiger partial charge in [-0.1, -0.05) is 13.3 Å². The summed E-state index contributed by atoms with van der Waals surface area (Å²) in [6, 6.07) is 0. The molecule has 1 fully saturated rings. The van der Waals surface area contributed by atoms with Crippen LogP contribution in [0.4, 0.5) is 0 Å². The highest BCUT2D eigenvalue weighted by molar-refractivity contribution is 14.0. The van der Waals surface area contributed by atoms with Crippen LogP contribution in [-0.4, -0.2) is 63.3 Å². The lowest BCUT2D eigenvalue weighted by molar-refractivity contribution is 0.0243. The highest BCUT2D eigenvalue weighted by atomic mass is 127. The first kappa shape index (κ1) is 20.9. The van der Waals surface area contributed by atoms with E-state index in [0.29, 0.717) is 0 Å². The number of hydrogen-bond donors (Lipinski definition) is 2. The van der Waals surface area contributed by atoms with Crippen molar-refractivity contribution < 1.29 is 4.74 Å². The Balaban J connectivity index is 0.00000400. The molecule has 1 saturated heterocycles. The number of halogens is 1. The average Bonchev–Trinajstić information content (AvgIpc) is 2.87. The van der Waals surface area contributed by atoms with Gasteiger partial charge in [-0.25, -0.2) is 0 Å². The van der Waals surface area contributed by atoms with E-state index in [-0.39, 0.29) is 29.6 Å². The second-order valence-electron chi connectivity index (χ2n) is 5.91. The minimum absolute atomic E-state index is 0. The largest absolute Gasteiger partial charge is 0.373 e. The smallest absolute Gasteiger partial charge is 0.191 e. The molecule has 5 nitrogen and oxygen atoms in total. The first-order valence-corrected chi connectivity index (χ1v) is 7.86. The van der Waals surface area contributed by atoms with Crippen molar-refractivity contribution in [1.29, 1.82) is 0 Å². The van der Waals surface area contributed by atoms with E-state index in [2.05, 4.69) is 41.4 Å². The molecule has 0 aliphatic carbocycles. The molecule has 0 aromatic heterocycles. The highest BCUT2D eigenvalue weighted by Crippen LogP contribution is 2.23. The van der Waals surface area contributed by atoms with Crippen molar-refractivity contribution >= 4 is 29.9 Å². The standard InChI is InChI=1S/C15H32N4O.HI/c1-5-6-10-19(4)11-9-17-14(16-3)18-13-15(2)8-7-12-20-15;/h5-13H2,1-4H3,(H2,16,17,18);1H. The fraction of sp³-hybridized carbons (Fsp3) is 0.933. The number of rotatable bonds is 8. The summed E-state index contributed by atoms with van der Waals surface area (Å²) < 4.78 is 5.77. The molecule has 0 radical (unpaired) electrons. The molecule has 1 unspecified atom stereocenters.